The molecule has 3 aromatic carbocycles. The summed E-state index contributed by atoms with van der Waals surface area (Å²) in [6, 6.07) is 20.8. The van der Waals surface area contributed by atoms with Crippen molar-refractivity contribution in [1.82, 2.24) is 4.90 Å². The van der Waals surface area contributed by atoms with Gasteiger partial charge in [-0.2, -0.15) is 0 Å². The standard InChI is InChI=1S/C26H22FNO4/c1-2-32-21-10-6-9-19(15-21)23-22(24(29)18-11-13-20(27)14-12-18)25(30)26(31)28(23)16-17-7-4-3-5-8-17/h3-15,23,29H,2,16H2,1H3/b24-22+. The number of hydrogen-bond donors (Lipinski definition) is 1. The van der Waals surface area contributed by atoms with Gasteiger partial charge in [-0.1, -0.05) is 42.5 Å². The third kappa shape index (κ3) is 4.12. The number of hydrogen-bond acceptors (Lipinski definition) is 4. The zero-order chi connectivity index (χ0) is 22.7. The fraction of sp³-hybridized carbons (Fsp3) is 0.154. The van der Waals surface area contributed by atoms with Gasteiger partial charge >= 0.3 is 0 Å². The van der Waals surface area contributed by atoms with Gasteiger partial charge in [0.15, 0.2) is 0 Å². The van der Waals surface area contributed by atoms with E-state index in [0.29, 0.717) is 17.9 Å². The summed E-state index contributed by atoms with van der Waals surface area (Å²) in [5.74, 6) is -1.70. The molecule has 4 rings (SSSR count). The fourth-order valence-electron chi connectivity index (χ4n) is 3.87. The van der Waals surface area contributed by atoms with E-state index in [1.807, 2.05) is 37.3 Å². The fourth-order valence-corrected chi connectivity index (χ4v) is 3.87. The minimum Gasteiger partial charge on any atom is -0.507 e. The highest BCUT2D eigenvalue weighted by Gasteiger charge is 2.46. The van der Waals surface area contributed by atoms with Gasteiger partial charge in [-0.15, -0.1) is 0 Å². The number of aliphatic hydroxyl groups is 1. The number of amides is 1. The predicted octanol–water partition coefficient (Wildman–Crippen LogP) is 4.85. The number of Topliss-reactive ketones (excluding diaryl/α,β-unsaturated/α-hetero) is 1. The molecule has 1 aliphatic heterocycles. The first kappa shape index (κ1) is 21.3. The Bertz CT molecular complexity index is 1170. The van der Waals surface area contributed by atoms with Crippen LogP contribution in [0.2, 0.25) is 0 Å². The molecule has 1 atom stereocenters. The molecule has 5 nitrogen and oxygen atoms in total. The maximum atomic E-state index is 13.4. The van der Waals surface area contributed by atoms with Gasteiger partial charge in [-0.05, 0) is 54.4 Å². The second kappa shape index (κ2) is 9.06. The lowest BCUT2D eigenvalue weighted by atomic mass is 9.95. The number of carbonyl (C=O) groups is 2. The van der Waals surface area contributed by atoms with Gasteiger partial charge in [0.25, 0.3) is 11.7 Å². The van der Waals surface area contributed by atoms with Gasteiger partial charge in [-0.3, -0.25) is 9.59 Å². The Balaban J connectivity index is 1.86. The normalized spacial score (nSPS) is 17.6. The third-order valence-electron chi connectivity index (χ3n) is 5.34. The van der Waals surface area contributed by atoms with Crippen molar-refractivity contribution in [3.05, 3.63) is 107 Å². The highest BCUT2D eigenvalue weighted by atomic mass is 19.1. The van der Waals surface area contributed by atoms with E-state index < -0.39 is 23.5 Å². The van der Waals surface area contributed by atoms with Gasteiger partial charge in [0.2, 0.25) is 0 Å². The quantitative estimate of drug-likeness (QED) is 0.344. The molecule has 0 aromatic heterocycles. The van der Waals surface area contributed by atoms with Crippen LogP contribution in [0.4, 0.5) is 4.39 Å². The topological polar surface area (TPSA) is 66.8 Å². The second-order valence-corrected chi connectivity index (χ2v) is 7.42. The Labute approximate surface area is 185 Å². The van der Waals surface area contributed by atoms with Crippen molar-refractivity contribution in [2.24, 2.45) is 0 Å². The molecule has 6 heteroatoms. The van der Waals surface area contributed by atoms with Crippen molar-refractivity contribution in [2.45, 2.75) is 19.5 Å². The Morgan fingerprint density at radius 2 is 1.72 bits per heavy atom. The lowest BCUT2D eigenvalue weighted by Crippen LogP contribution is -2.29. The van der Waals surface area contributed by atoms with E-state index in [2.05, 4.69) is 0 Å². The van der Waals surface area contributed by atoms with Crippen LogP contribution in [0.1, 0.15) is 29.7 Å². The average molecular weight is 431 g/mol. The molecule has 0 spiro atoms. The highest BCUT2D eigenvalue weighted by molar-refractivity contribution is 6.46. The van der Waals surface area contributed by atoms with E-state index in [4.69, 9.17) is 4.74 Å². The second-order valence-electron chi connectivity index (χ2n) is 7.42. The number of carbonyl (C=O) groups excluding carboxylic acids is 2. The van der Waals surface area contributed by atoms with Gasteiger partial charge in [0.1, 0.15) is 17.3 Å². The molecule has 0 bridgehead atoms. The summed E-state index contributed by atoms with van der Waals surface area (Å²) in [5, 5.41) is 11.0. The van der Waals surface area contributed by atoms with Crippen LogP contribution in [0, 0.1) is 5.82 Å². The molecule has 0 aliphatic carbocycles. The van der Waals surface area contributed by atoms with E-state index in [9.17, 15) is 19.1 Å². The Morgan fingerprint density at radius 3 is 2.41 bits per heavy atom. The largest absolute Gasteiger partial charge is 0.507 e. The molecule has 1 N–H and O–H groups in total. The number of ketones is 1. The van der Waals surface area contributed by atoms with Crippen molar-refractivity contribution >= 4 is 17.4 Å². The van der Waals surface area contributed by atoms with Gasteiger partial charge < -0.3 is 14.7 Å². The summed E-state index contributed by atoms with van der Waals surface area (Å²) in [6.45, 7) is 2.51. The molecule has 1 heterocycles. The van der Waals surface area contributed by atoms with Crippen LogP contribution in [0.3, 0.4) is 0 Å². The van der Waals surface area contributed by atoms with Gasteiger partial charge in [0.05, 0.1) is 18.2 Å². The monoisotopic (exact) mass is 431 g/mol. The highest BCUT2D eigenvalue weighted by Crippen LogP contribution is 2.41. The molecular weight excluding hydrogens is 409 g/mol. The number of aliphatic hydroxyl groups excluding tert-OH is 1. The van der Waals surface area contributed by atoms with E-state index in [1.165, 1.54) is 29.2 Å². The van der Waals surface area contributed by atoms with Crippen molar-refractivity contribution in [3.63, 3.8) is 0 Å². The van der Waals surface area contributed by atoms with Crippen molar-refractivity contribution in [2.75, 3.05) is 6.61 Å². The predicted molar refractivity (Wildman–Crippen MR) is 118 cm³/mol. The molecule has 1 unspecified atom stereocenters. The SMILES string of the molecule is CCOc1cccc(C2/C(=C(\O)c3ccc(F)cc3)C(=O)C(=O)N2Cc2ccccc2)c1. The number of halogens is 1. The van der Waals surface area contributed by atoms with Crippen LogP contribution in [0.15, 0.2) is 84.4 Å². The number of benzene rings is 3. The summed E-state index contributed by atoms with van der Waals surface area (Å²) in [7, 11) is 0. The first-order valence-corrected chi connectivity index (χ1v) is 10.3. The van der Waals surface area contributed by atoms with Crippen LogP contribution >= 0.6 is 0 Å². The Morgan fingerprint density at radius 1 is 1.00 bits per heavy atom. The summed E-state index contributed by atoms with van der Waals surface area (Å²) in [6.07, 6.45) is 0. The van der Waals surface area contributed by atoms with Crippen molar-refractivity contribution < 1.29 is 23.8 Å². The van der Waals surface area contributed by atoms with E-state index in [0.717, 1.165) is 5.56 Å². The van der Waals surface area contributed by atoms with Crippen molar-refractivity contribution in [1.29, 1.82) is 0 Å². The van der Waals surface area contributed by atoms with E-state index in [-0.39, 0.29) is 23.4 Å². The van der Waals surface area contributed by atoms with Crippen LogP contribution in [0.5, 0.6) is 5.75 Å². The minimum absolute atomic E-state index is 0.0359. The smallest absolute Gasteiger partial charge is 0.295 e. The molecule has 1 fully saturated rings. The van der Waals surface area contributed by atoms with Crippen LogP contribution in [-0.4, -0.2) is 28.3 Å². The number of ether oxygens (including phenoxy) is 1. The van der Waals surface area contributed by atoms with Crippen LogP contribution < -0.4 is 4.74 Å². The molecule has 3 aromatic rings. The maximum Gasteiger partial charge on any atom is 0.295 e. The molecule has 1 aliphatic rings. The molecule has 1 amide bonds. The molecule has 162 valence electrons. The van der Waals surface area contributed by atoms with Gasteiger partial charge in [-0.25, -0.2) is 4.39 Å². The zero-order valence-corrected chi connectivity index (χ0v) is 17.5. The summed E-state index contributed by atoms with van der Waals surface area (Å²) in [4.78, 5) is 27.6. The van der Waals surface area contributed by atoms with Gasteiger partial charge in [0, 0.05) is 12.1 Å². The lowest BCUT2D eigenvalue weighted by Gasteiger charge is -2.26. The summed E-state index contributed by atoms with van der Waals surface area (Å²) < 4.78 is 19.0. The minimum atomic E-state index is -0.819. The third-order valence-corrected chi connectivity index (χ3v) is 5.34. The van der Waals surface area contributed by atoms with Crippen LogP contribution in [0.25, 0.3) is 5.76 Å². The average Bonchev–Trinajstić information content (AvgIpc) is 3.05. The maximum absolute atomic E-state index is 13.4. The molecule has 0 saturated carbocycles. The molecule has 1 saturated heterocycles. The van der Waals surface area contributed by atoms with Crippen LogP contribution in [-0.2, 0) is 16.1 Å². The summed E-state index contributed by atoms with van der Waals surface area (Å²) >= 11 is 0. The van der Waals surface area contributed by atoms with E-state index in [1.54, 1.807) is 24.3 Å². The van der Waals surface area contributed by atoms with E-state index >= 15 is 0 Å². The number of nitrogens with zero attached hydrogens (tertiary/aromatic N) is 1. The first-order chi connectivity index (χ1) is 15.5. The Kier molecular flexibility index (Phi) is 6.03. The Hall–Kier alpha value is -3.93. The molecule has 0 radical (unpaired) electrons. The lowest BCUT2D eigenvalue weighted by molar-refractivity contribution is -0.140. The number of likely N-dealkylation sites (tertiary alicyclic amines) is 1. The zero-order valence-electron chi connectivity index (χ0n) is 17.5. The van der Waals surface area contributed by atoms with Crippen molar-refractivity contribution in [3.8, 4) is 5.75 Å². The first-order valence-electron chi connectivity index (χ1n) is 10.3. The number of rotatable bonds is 6. The molecule has 32 heavy (non-hydrogen) atoms. The molecular formula is C26H22FNO4. The summed E-state index contributed by atoms with van der Waals surface area (Å²) in [5.41, 5.74) is 1.71.